The molecule has 0 atom stereocenters. The highest BCUT2D eigenvalue weighted by molar-refractivity contribution is 7.98. The van der Waals surface area contributed by atoms with E-state index in [1.54, 1.807) is 23.9 Å². The molecule has 106 valence electrons. The first kappa shape index (κ1) is 13.9. The van der Waals surface area contributed by atoms with Crippen molar-refractivity contribution < 1.29 is 4.39 Å². The fourth-order valence-electron chi connectivity index (χ4n) is 2.23. The van der Waals surface area contributed by atoms with Crippen molar-refractivity contribution in [3.63, 3.8) is 0 Å². The standard InChI is InChI=1S/C17H15FN2S/c1-11-16(12-3-7-14(18)8-4-12)20-17(19-11)13-5-9-15(21-2)10-6-13/h3-10H,1-2H3,(H,19,20). The van der Waals surface area contributed by atoms with Gasteiger partial charge in [0, 0.05) is 21.7 Å². The van der Waals surface area contributed by atoms with Crippen LogP contribution in [-0.2, 0) is 0 Å². The number of aromatic nitrogens is 2. The third-order valence-corrected chi connectivity index (χ3v) is 4.11. The molecule has 0 saturated carbocycles. The van der Waals surface area contributed by atoms with E-state index in [2.05, 4.69) is 40.5 Å². The Balaban J connectivity index is 1.98. The zero-order valence-corrected chi connectivity index (χ0v) is 12.7. The third kappa shape index (κ3) is 2.85. The molecular weight excluding hydrogens is 283 g/mol. The van der Waals surface area contributed by atoms with E-state index in [0.717, 1.165) is 28.3 Å². The number of imidazole rings is 1. The van der Waals surface area contributed by atoms with Gasteiger partial charge >= 0.3 is 0 Å². The summed E-state index contributed by atoms with van der Waals surface area (Å²) in [6.07, 6.45) is 2.05. The minimum Gasteiger partial charge on any atom is -0.342 e. The maximum Gasteiger partial charge on any atom is 0.138 e. The monoisotopic (exact) mass is 298 g/mol. The summed E-state index contributed by atoms with van der Waals surface area (Å²) in [4.78, 5) is 9.17. The van der Waals surface area contributed by atoms with Gasteiger partial charge in [0.25, 0.3) is 0 Å². The molecule has 3 aromatic rings. The zero-order valence-electron chi connectivity index (χ0n) is 11.9. The molecule has 0 aliphatic rings. The number of rotatable bonds is 3. The minimum atomic E-state index is -0.236. The highest BCUT2D eigenvalue weighted by Gasteiger charge is 2.10. The third-order valence-electron chi connectivity index (χ3n) is 3.37. The molecule has 0 aliphatic heterocycles. The Hall–Kier alpha value is -2.07. The summed E-state index contributed by atoms with van der Waals surface area (Å²) in [6, 6.07) is 14.7. The van der Waals surface area contributed by atoms with Crippen LogP contribution < -0.4 is 0 Å². The van der Waals surface area contributed by atoms with Crippen LogP contribution in [0.25, 0.3) is 22.6 Å². The summed E-state index contributed by atoms with van der Waals surface area (Å²) in [5.74, 6) is 0.597. The summed E-state index contributed by atoms with van der Waals surface area (Å²) in [5, 5.41) is 0. The second-order valence-electron chi connectivity index (χ2n) is 4.79. The van der Waals surface area contributed by atoms with Crippen LogP contribution in [0.1, 0.15) is 5.69 Å². The molecule has 0 amide bonds. The Morgan fingerprint density at radius 3 is 2.19 bits per heavy atom. The first-order valence-corrected chi connectivity index (χ1v) is 7.87. The molecule has 0 radical (unpaired) electrons. The van der Waals surface area contributed by atoms with Crippen molar-refractivity contribution in [2.45, 2.75) is 11.8 Å². The van der Waals surface area contributed by atoms with Crippen LogP contribution in [0.4, 0.5) is 4.39 Å². The molecule has 1 N–H and O–H groups in total. The molecule has 0 fully saturated rings. The molecule has 21 heavy (non-hydrogen) atoms. The molecule has 2 nitrogen and oxygen atoms in total. The number of halogens is 1. The van der Waals surface area contributed by atoms with Crippen molar-refractivity contribution >= 4 is 11.8 Å². The summed E-state index contributed by atoms with van der Waals surface area (Å²) in [6.45, 7) is 1.98. The summed E-state index contributed by atoms with van der Waals surface area (Å²) in [7, 11) is 0. The lowest BCUT2D eigenvalue weighted by molar-refractivity contribution is 0.628. The van der Waals surface area contributed by atoms with Gasteiger partial charge in [-0.05, 0) is 49.6 Å². The van der Waals surface area contributed by atoms with Crippen molar-refractivity contribution in [2.75, 3.05) is 6.26 Å². The van der Waals surface area contributed by atoms with E-state index in [0.29, 0.717) is 0 Å². The summed E-state index contributed by atoms with van der Waals surface area (Å²) < 4.78 is 13.0. The van der Waals surface area contributed by atoms with Crippen LogP contribution in [0.5, 0.6) is 0 Å². The summed E-state index contributed by atoms with van der Waals surface area (Å²) >= 11 is 1.71. The van der Waals surface area contributed by atoms with Crippen molar-refractivity contribution in [3.8, 4) is 22.6 Å². The first-order chi connectivity index (χ1) is 10.2. The van der Waals surface area contributed by atoms with Gasteiger partial charge in [-0.3, -0.25) is 0 Å². The van der Waals surface area contributed by atoms with Crippen LogP contribution in [0.15, 0.2) is 53.4 Å². The lowest BCUT2D eigenvalue weighted by Gasteiger charge is -1.99. The lowest BCUT2D eigenvalue weighted by atomic mass is 10.1. The normalized spacial score (nSPS) is 10.8. The molecule has 0 spiro atoms. The van der Waals surface area contributed by atoms with E-state index in [1.165, 1.54) is 17.0 Å². The van der Waals surface area contributed by atoms with Gasteiger partial charge in [0.2, 0.25) is 0 Å². The molecule has 0 bridgehead atoms. The number of aryl methyl sites for hydroxylation is 1. The minimum absolute atomic E-state index is 0.236. The lowest BCUT2D eigenvalue weighted by Crippen LogP contribution is -1.82. The van der Waals surface area contributed by atoms with E-state index < -0.39 is 0 Å². The second kappa shape index (κ2) is 5.74. The predicted molar refractivity (Wildman–Crippen MR) is 85.9 cm³/mol. The first-order valence-electron chi connectivity index (χ1n) is 6.64. The maximum atomic E-state index is 13.0. The molecule has 1 aromatic heterocycles. The SMILES string of the molecule is CSc1ccc(-c2nc(-c3ccc(F)cc3)c(C)[nH]2)cc1. The molecule has 3 rings (SSSR count). The maximum absolute atomic E-state index is 13.0. The van der Waals surface area contributed by atoms with Crippen molar-refractivity contribution in [1.29, 1.82) is 0 Å². The van der Waals surface area contributed by atoms with Gasteiger partial charge < -0.3 is 4.98 Å². The molecule has 2 aromatic carbocycles. The molecule has 0 saturated heterocycles. The van der Waals surface area contributed by atoms with E-state index in [9.17, 15) is 4.39 Å². The Morgan fingerprint density at radius 2 is 1.57 bits per heavy atom. The Labute approximate surface area is 127 Å². The molecule has 0 aliphatic carbocycles. The molecule has 4 heteroatoms. The number of hydrogen-bond acceptors (Lipinski definition) is 2. The van der Waals surface area contributed by atoms with E-state index in [4.69, 9.17) is 0 Å². The average molecular weight is 298 g/mol. The van der Waals surface area contributed by atoms with Gasteiger partial charge in [0.05, 0.1) is 5.69 Å². The van der Waals surface area contributed by atoms with E-state index in [1.807, 2.05) is 6.92 Å². The Morgan fingerprint density at radius 1 is 0.952 bits per heavy atom. The van der Waals surface area contributed by atoms with Crippen LogP contribution in [-0.4, -0.2) is 16.2 Å². The van der Waals surface area contributed by atoms with Gasteiger partial charge in [-0.25, -0.2) is 9.37 Å². The van der Waals surface area contributed by atoms with E-state index in [-0.39, 0.29) is 5.82 Å². The number of H-pyrrole nitrogens is 1. The van der Waals surface area contributed by atoms with Crippen LogP contribution >= 0.6 is 11.8 Å². The summed E-state index contributed by atoms with van der Waals surface area (Å²) in [5.41, 5.74) is 3.80. The van der Waals surface area contributed by atoms with Crippen molar-refractivity contribution in [2.24, 2.45) is 0 Å². The fraction of sp³-hybridized carbons (Fsp3) is 0.118. The molecule has 1 heterocycles. The smallest absolute Gasteiger partial charge is 0.138 e. The van der Waals surface area contributed by atoms with Gasteiger partial charge in [0.1, 0.15) is 11.6 Å². The van der Waals surface area contributed by atoms with Crippen LogP contribution in [0, 0.1) is 12.7 Å². The van der Waals surface area contributed by atoms with Gasteiger partial charge in [0.15, 0.2) is 0 Å². The molecule has 0 unspecified atom stereocenters. The predicted octanol–water partition coefficient (Wildman–Crippen LogP) is 4.91. The Bertz CT molecular complexity index is 745. The topological polar surface area (TPSA) is 28.7 Å². The highest BCUT2D eigenvalue weighted by atomic mass is 32.2. The number of nitrogens with zero attached hydrogens (tertiary/aromatic N) is 1. The van der Waals surface area contributed by atoms with Gasteiger partial charge in [-0.2, -0.15) is 0 Å². The number of nitrogens with one attached hydrogen (secondary N) is 1. The van der Waals surface area contributed by atoms with Gasteiger partial charge in [-0.15, -0.1) is 11.8 Å². The number of benzene rings is 2. The molecular formula is C17H15FN2S. The van der Waals surface area contributed by atoms with Crippen LogP contribution in [0.3, 0.4) is 0 Å². The van der Waals surface area contributed by atoms with Crippen molar-refractivity contribution in [3.05, 3.63) is 60.0 Å². The quantitative estimate of drug-likeness (QED) is 0.696. The zero-order chi connectivity index (χ0) is 14.8. The Kier molecular flexibility index (Phi) is 3.80. The number of thioether (sulfide) groups is 1. The van der Waals surface area contributed by atoms with E-state index >= 15 is 0 Å². The number of aromatic amines is 1. The van der Waals surface area contributed by atoms with Gasteiger partial charge in [-0.1, -0.05) is 12.1 Å². The number of hydrogen-bond donors (Lipinski definition) is 1. The fourth-order valence-corrected chi connectivity index (χ4v) is 2.64. The largest absolute Gasteiger partial charge is 0.342 e. The highest BCUT2D eigenvalue weighted by Crippen LogP contribution is 2.27. The van der Waals surface area contributed by atoms with Crippen LogP contribution in [0.2, 0.25) is 0 Å². The second-order valence-corrected chi connectivity index (χ2v) is 5.67. The van der Waals surface area contributed by atoms with Crippen molar-refractivity contribution in [1.82, 2.24) is 9.97 Å². The average Bonchev–Trinajstić information content (AvgIpc) is 2.90.